The molecule has 2 amide bonds. The van der Waals surface area contributed by atoms with Gasteiger partial charge in [-0.05, 0) is 48.3 Å². The number of epoxide rings is 1. The highest BCUT2D eigenvalue weighted by Gasteiger charge is 2.43. The number of carbonyl (C=O) groups is 4. The third-order valence-corrected chi connectivity index (χ3v) is 6.29. The summed E-state index contributed by atoms with van der Waals surface area (Å²) >= 11 is 0. The van der Waals surface area contributed by atoms with Gasteiger partial charge in [0.05, 0.1) is 25.2 Å². The fraction of sp³-hybridized carbons (Fsp3) is 0.571. The van der Waals surface area contributed by atoms with E-state index in [4.69, 9.17) is 14.6 Å². The van der Waals surface area contributed by atoms with Gasteiger partial charge in [-0.25, -0.2) is 4.79 Å². The summed E-state index contributed by atoms with van der Waals surface area (Å²) in [5.74, 6) is -3.17. The van der Waals surface area contributed by atoms with Gasteiger partial charge >= 0.3 is 11.9 Å². The van der Waals surface area contributed by atoms with E-state index >= 15 is 0 Å². The smallest absolute Gasteiger partial charge is 0.345 e. The first kappa shape index (κ1) is 31.0. The molecule has 1 aliphatic rings. The average Bonchev–Trinajstić information content (AvgIpc) is 3.68. The van der Waals surface area contributed by atoms with E-state index in [1.165, 1.54) is 13.0 Å². The molecule has 1 aromatic rings. The van der Waals surface area contributed by atoms with Crippen molar-refractivity contribution in [2.24, 2.45) is 17.8 Å². The van der Waals surface area contributed by atoms with Crippen molar-refractivity contribution < 1.29 is 38.9 Å². The van der Waals surface area contributed by atoms with E-state index in [9.17, 15) is 24.3 Å². The predicted octanol–water partition coefficient (Wildman–Crippen LogP) is 2.50. The Kier molecular flexibility index (Phi) is 12.4. The van der Waals surface area contributed by atoms with Crippen LogP contribution in [0.4, 0.5) is 0 Å². The summed E-state index contributed by atoms with van der Waals surface area (Å²) in [5, 5.41) is 23.4. The lowest BCUT2D eigenvalue weighted by molar-refractivity contribution is -0.167. The summed E-state index contributed by atoms with van der Waals surface area (Å²) in [6, 6.07) is 7.72. The van der Waals surface area contributed by atoms with Crippen LogP contribution >= 0.6 is 0 Å². The maximum Gasteiger partial charge on any atom is 0.345 e. The molecule has 0 bridgehead atoms. The zero-order valence-corrected chi connectivity index (χ0v) is 22.5. The molecule has 1 saturated heterocycles. The molecule has 2 rings (SSSR count). The lowest BCUT2D eigenvalue weighted by Gasteiger charge is -2.18. The Morgan fingerprint density at radius 2 is 1.76 bits per heavy atom. The van der Waals surface area contributed by atoms with Gasteiger partial charge in [0.15, 0.2) is 6.10 Å². The molecule has 38 heavy (non-hydrogen) atoms. The molecule has 1 aliphatic heterocycles. The predicted molar refractivity (Wildman–Crippen MR) is 140 cm³/mol. The van der Waals surface area contributed by atoms with Crippen LogP contribution in [0.5, 0.6) is 0 Å². The SMILES string of the molecule is CC(C)CC(OC(=O)C(C)CNC(=O)CNC(=O)C=CCCC(C)C1OC1c1ccc(CO)cc1)C(=O)O. The topological polar surface area (TPSA) is 155 Å². The second kappa shape index (κ2) is 15.2. The number of nitrogens with one attached hydrogen (secondary N) is 2. The number of carboxylic acids is 1. The first-order valence-corrected chi connectivity index (χ1v) is 13.0. The van der Waals surface area contributed by atoms with Gasteiger partial charge in [-0.1, -0.05) is 58.0 Å². The van der Waals surface area contributed by atoms with Crippen LogP contribution in [0.15, 0.2) is 36.4 Å². The third-order valence-electron chi connectivity index (χ3n) is 6.29. The van der Waals surface area contributed by atoms with Gasteiger partial charge in [0, 0.05) is 6.54 Å². The van der Waals surface area contributed by atoms with Crippen LogP contribution in [0.3, 0.4) is 0 Å². The summed E-state index contributed by atoms with van der Waals surface area (Å²) in [6.07, 6.45) is 3.84. The molecule has 0 saturated carbocycles. The molecule has 1 fully saturated rings. The Labute approximate surface area is 223 Å². The molecular formula is C28H40N2O8. The molecule has 1 aromatic carbocycles. The minimum absolute atomic E-state index is 0.0150. The van der Waals surface area contributed by atoms with Gasteiger partial charge in [-0.2, -0.15) is 0 Å². The fourth-order valence-corrected chi connectivity index (χ4v) is 3.87. The van der Waals surface area contributed by atoms with Crippen molar-refractivity contribution in [3.8, 4) is 0 Å². The maximum atomic E-state index is 12.1. The van der Waals surface area contributed by atoms with E-state index in [2.05, 4.69) is 17.6 Å². The van der Waals surface area contributed by atoms with Gasteiger partial charge < -0.3 is 30.3 Å². The monoisotopic (exact) mass is 532 g/mol. The van der Waals surface area contributed by atoms with Crippen LogP contribution < -0.4 is 10.6 Å². The van der Waals surface area contributed by atoms with Crippen LogP contribution in [0.2, 0.25) is 0 Å². The molecule has 210 valence electrons. The van der Waals surface area contributed by atoms with E-state index in [0.29, 0.717) is 12.3 Å². The van der Waals surface area contributed by atoms with Crippen LogP contribution in [-0.2, 0) is 35.3 Å². The number of rotatable bonds is 16. The molecule has 0 aliphatic carbocycles. The van der Waals surface area contributed by atoms with Crippen LogP contribution in [0.25, 0.3) is 0 Å². The summed E-state index contributed by atoms with van der Waals surface area (Å²) in [5.41, 5.74) is 1.96. The number of aliphatic hydroxyl groups is 1. The highest BCUT2D eigenvalue weighted by Crippen LogP contribution is 2.44. The third kappa shape index (κ3) is 10.6. The number of benzene rings is 1. The zero-order valence-electron chi connectivity index (χ0n) is 22.5. The number of aliphatic hydroxyl groups excluding tert-OH is 1. The van der Waals surface area contributed by atoms with Crippen molar-refractivity contribution in [3.05, 3.63) is 47.5 Å². The van der Waals surface area contributed by atoms with Crippen LogP contribution in [0.1, 0.15) is 64.2 Å². The van der Waals surface area contributed by atoms with Crippen molar-refractivity contribution in [1.29, 1.82) is 0 Å². The second-order valence-corrected chi connectivity index (χ2v) is 10.2. The first-order chi connectivity index (χ1) is 18.0. The number of hydrogen-bond acceptors (Lipinski definition) is 7. The van der Waals surface area contributed by atoms with E-state index in [1.54, 1.807) is 6.08 Å². The zero-order chi connectivity index (χ0) is 28.2. The van der Waals surface area contributed by atoms with Crippen molar-refractivity contribution in [1.82, 2.24) is 10.6 Å². The average molecular weight is 533 g/mol. The molecule has 1 heterocycles. The van der Waals surface area contributed by atoms with E-state index in [-0.39, 0.29) is 44.2 Å². The number of allylic oxidation sites excluding steroid dienone is 1. The van der Waals surface area contributed by atoms with Crippen molar-refractivity contribution >= 4 is 23.8 Å². The van der Waals surface area contributed by atoms with E-state index in [1.807, 2.05) is 38.1 Å². The van der Waals surface area contributed by atoms with Crippen LogP contribution in [-0.4, -0.2) is 59.3 Å². The number of esters is 1. The van der Waals surface area contributed by atoms with Gasteiger partial charge in [0.25, 0.3) is 0 Å². The summed E-state index contributed by atoms with van der Waals surface area (Å²) in [7, 11) is 0. The molecule has 10 nitrogen and oxygen atoms in total. The number of ether oxygens (including phenoxy) is 2. The number of amides is 2. The largest absolute Gasteiger partial charge is 0.479 e. The Hall–Kier alpha value is -3.24. The molecule has 5 unspecified atom stereocenters. The molecule has 0 radical (unpaired) electrons. The minimum Gasteiger partial charge on any atom is -0.479 e. The van der Waals surface area contributed by atoms with Gasteiger partial charge in [-0.3, -0.25) is 14.4 Å². The quantitative estimate of drug-likeness (QED) is 0.144. The van der Waals surface area contributed by atoms with E-state index < -0.39 is 35.8 Å². The fourth-order valence-electron chi connectivity index (χ4n) is 3.87. The maximum absolute atomic E-state index is 12.1. The summed E-state index contributed by atoms with van der Waals surface area (Å²) in [4.78, 5) is 47.4. The Morgan fingerprint density at radius 3 is 2.37 bits per heavy atom. The molecule has 5 atom stereocenters. The second-order valence-electron chi connectivity index (χ2n) is 10.2. The lowest BCUT2D eigenvalue weighted by Crippen LogP contribution is -2.40. The number of carboxylic acid groups (broad SMARTS) is 1. The number of carbonyl (C=O) groups excluding carboxylic acids is 3. The highest BCUT2D eigenvalue weighted by atomic mass is 16.6. The standard InChI is InChI=1S/C28H40N2O8/c1-17(2)13-22(27(34)35)37-28(36)19(4)14-29-24(33)15-30-23(32)8-6-5-7-18(3)25-26(38-25)21-11-9-20(16-31)10-12-21/h6,8-12,17-19,22,25-26,31H,5,7,13-16H2,1-4H3,(H,29,33)(H,30,32)(H,34,35). The molecule has 0 spiro atoms. The Balaban J connectivity index is 1.61. The summed E-state index contributed by atoms with van der Waals surface area (Å²) in [6.45, 7) is 7.02. The summed E-state index contributed by atoms with van der Waals surface area (Å²) < 4.78 is 10.9. The number of aliphatic carboxylic acids is 1. The molecule has 10 heteroatoms. The van der Waals surface area contributed by atoms with E-state index in [0.717, 1.165) is 17.5 Å². The Bertz CT molecular complexity index is 976. The Morgan fingerprint density at radius 1 is 1.08 bits per heavy atom. The van der Waals surface area contributed by atoms with Crippen LogP contribution in [0, 0.1) is 17.8 Å². The number of hydrogen-bond donors (Lipinski definition) is 4. The first-order valence-electron chi connectivity index (χ1n) is 13.0. The normalized spacial score (nSPS) is 19.0. The van der Waals surface area contributed by atoms with Gasteiger partial charge in [-0.15, -0.1) is 0 Å². The van der Waals surface area contributed by atoms with Gasteiger partial charge in [0.2, 0.25) is 11.8 Å². The van der Waals surface area contributed by atoms with Crippen molar-refractivity contribution in [3.63, 3.8) is 0 Å². The van der Waals surface area contributed by atoms with Crippen molar-refractivity contribution in [2.75, 3.05) is 13.1 Å². The van der Waals surface area contributed by atoms with Crippen molar-refractivity contribution in [2.45, 2.75) is 71.9 Å². The highest BCUT2D eigenvalue weighted by molar-refractivity contribution is 5.91. The van der Waals surface area contributed by atoms with Gasteiger partial charge in [0.1, 0.15) is 6.10 Å². The molecular weight excluding hydrogens is 492 g/mol. The lowest BCUT2D eigenvalue weighted by atomic mass is 9.96. The molecule has 4 N–H and O–H groups in total. The minimum atomic E-state index is -1.22. The molecule has 0 aromatic heterocycles.